The van der Waals surface area contributed by atoms with E-state index in [-0.39, 0.29) is 0 Å². The molecule has 0 amide bonds. The Morgan fingerprint density at radius 3 is 0.619 bits per heavy atom. The van der Waals surface area contributed by atoms with E-state index in [9.17, 15) is 65.9 Å². The van der Waals surface area contributed by atoms with Crippen molar-refractivity contribution in [3.05, 3.63) is 104 Å². The average molecular weight is 625 g/mol. The van der Waals surface area contributed by atoms with E-state index >= 15 is 0 Å². The molecule has 228 valence electrons. The van der Waals surface area contributed by atoms with Crippen LogP contribution in [0.15, 0.2) is 0 Å². The Labute approximate surface area is 229 Å². The molecule has 0 spiro atoms. The van der Waals surface area contributed by atoms with Crippen molar-refractivity contribution in [2.45, 2.75) is 26.1 Å². The van der Waals surface area contributed by atoms with E-state index in [0.29, 0.717) is 0 Å². The van der Waals surface area contributed by atoms with Crippen LogP contribution in [0, 0.1) is 87.3 Å². The Kier molecular flexibility index (Phi) is 10.7. The topological polar surface area (TPSA) is 3.24 Å². The van der Waals surface area contributed by atoms with Gasteiger partial charge in [-0.15, -0.1) is 0 Å². The average Bonchev–Trinajstić information content (AvgIpc) is 2.96. The van der Waals surface area contributed by atoms with Gasteiger partial charge in [0, 0.05) is 22.0 Å². The van der Waals surface area contributed by atoms with Crippen LogP contribution in [0.5, 0.6) is 0 Å². The van der Waals surface area contributed by atoms with Crippen molar-refractivity contribution in [1.82, 2.24) is 4.90 Å². The normalized spacial score (nSPS) is 11.7. The first kappa shape index (κ1) is 34.8. The van der Waals surface area contributed by atoms with Crippen LogP contribution in [-0.4, -0.2) is 32.4 Å². The molecule has 0 aliphatic carbocycles. The highest BCUT2D eigenvalue weighted by atomic mass is 19.2. The van der Waals surface area contributed by atoms with Crippen LogP contribution < -0.4 is 0 Å². The predicted octanol–water partition coefficient (Wildman–Crippen LogP) is 7.58. The minimum Gasteiger partial charge on any atom is -0.304 e. The molecule has 0 atom stereocenters. The fourth-order valence-corrected chi connectivity index (χ4v) is 3.90. The lowest BCUT2D eigenvalue weighted by atomic mass is 9.55. The molecule has 0 fully saturated rings. The Bertz CT molecular complexity index is 1260. The summed E-state index contributed by atoms with van der Waals surface area (Å²) in [5, 5.41) is -4.95. The second kappa shape index (κ2) is 12.9. The number of nitrogens with zero attached hydrogens (tertiary/aromatic N) is 1. The van der Waals surface area contributed by atoms with Crippen molar-refractivity contribution in [3.8, 4) is 0 Å². The van der Waals surface area contributed by atoms with Crippen molar-refractivity contribution in [2.24, 2.45) is 0 Å². The zero-order valence-corrected chi connectivity index (χ0v) is 21.3. The molecule has 0 heterocycles. The Morgan fingerprint density at radius 1 is 0.357 bits per heavy atom. The highest BCUT2D eigenvalue weighted by Gasteiger charge is 2.50. The second-order valence-electron chi connectivity index (χ2n) is 8.26. The Hall–Kier alpha value is -3.37. The molecule has 42 heavy (non-hydrogen) atoms. The smallest absolute Gasteiger partial charge is 0.200 e. The molecule has 3 aromatic carbocycles. The van der Waals surface area contributed by atoms with Gasteiger partial charge in [-0.2, -0.15) is 0 Å². The van der Waals surface area contributed by atoms with Crippen molar-refractivity contribution < 1.29 is 65.9 Å². The molecule has 3 aromatic rings. The monoisotopic (exact) mass is 625 g/mol. The lowest BCUT2D eigenvalue weighted by molar-refractivity contribution is 0.321. The lowest BCUT2D eigenvalue weighted by Crippen LogP contribution is -2.39. The first-order valence-corrected chi connectivity index (χ1v) is 11.4. The van der Waals surface area contributed by atoms with Crippen LogP contribution in [0.2, 0.25) is 0 Å². The third-order valence-corrected chi connectivity index (χ3v) is 6.15. The van der Waals surface area contributed by atoms with Gasteiger partial charge in [0.2, 0.25) is 17.5 Å². The van der Waals surface area contributed by atoms with Crippen LogP contribution in [-0.2, 0) is 5.31 Å². The summed E-state index contributed by atoms with van der Waals surface area (Å²) < 4.78 is 210. The van der Waals surface area contributed by atoms with Gasteiger partial charge < -0.3 is 4.90 Å². The molecule has 0 aliphatic heterocycles. The summed E-state index contributed by atoms with van der Waals surface area (Å²) in [6, 6.07) is 0. The molecule has 1 nitrogen and oxygen atoms in total. The SMILES string of the molecule is CCN(CC)CC.[B]C(c1c(F)c(F)c(F)c(F)c1F)(c1c(F)c(F)c(F)c(F)c1F)c1c(F)c(F)c(F)c(F)c1F. The van der Waals surface area contributed by atoms with Gasteiger partial charge in [-0.25, -0.2) is 65.9 Å². The molecule has 0 bridgehead atoms. The van der Waals surface area contributed by atoms with Gasteiger partial charge in [0.05, 0.1) is 7.85 Å². The van der Waals surface area contributed by atoms with Crippen molar-refractivity contribution in [2.75, 3.05) is 19.6 Å². The van der Waals surface area contributed by atoms with Crippen molar-refractivity contribution >= 4 is 7.85 Å². The number of halogens is 15. The molecular formula is C25H15BF15N. The van der Waals surface area contributed by atoms with E-state index in [2.05, 4.69) is 25.7 Å². The second-order valence-corrected chi connectivity index (χ2v) is 8.26. The van der Waals surface area contributed by atoms with E-state index in [0.717, 1.165) is 0 Å². The maximum Gasteiger partial charge on any atom is 0.200 e. The summed E-state index contributed by atoms with van der Waals surface area (Å²) in [5.74, 6) is -46.8. The Morgan fingerprint density at radius 2 is 0.500 bits per heavy atom. The van der Waals surface area contributed by atoms with Crippen LogP contribution in [0.25, 0.3) is 0 Å². The highest BCUT2D eigenvalue weighted by molar-refractivity contribution is 6.21. The van der Waals surface area contributed by atoms with Crippen LogP contribution in [0.4, 0.5) is 65.9 Å². The van der Waals surface area contributed by atoms with Crippen LogP contribution in [0.3, 0.4) is 0 Å². The molecule has 0 saturated carbocycles. The molecule has 0 saturated heterocycles. The maximum absolute atomic E-state index is 14.5. The fourth-order valence-electron chi connectivity index (χ4n) is 3.90. The zero-order chi connectivity index (χ0) is 32.6. The summed E-state index contributed by atoms with van der Waals surface area (Å²) in [6.07, 6.45) is 0. The third kappa shape index (κ3) is 5.42. The molecule has 0 unspecified atom stereocenters. The van der Waals surface area contributed by atoms with E-state index in [1.54, 1.807) is 0 Å². The first-order chi connectivity index (χ1) is 19.4. The van der Waals surface area contributed by atoms with Crippen LogP contribution in [0.1, 0.15) is 37.5 Å². The number of rotatable bonds is 6. The molecule has 0 aliphatic rings. The number of hydrogen-bond acceptors (Lipinski definition) is 1. The molecule has 17 heteroatoms. The van der Waals surface area contributed by atoms with Gasteiger partial charge in [0.1, 0.15) is 0 Å². The Balaban J connectivity index is 0.000000782. The van der Waals surface area contributed by atoms with Gasteiger partial charge in [0.25, 0.3) is 0 Å². The highest BCUT2D eigenvalue weighted by Crippen LogP contribution is 2.47. The number of benzene rings is 3. The molecule has 0 aromatic heterocycles. The standard InChI is InChI=1S/C19BF15.C6H15N/c20-19(1-4(21)10(27)16(33)11(28)5(1)22,2-6(23)12(29)17(34)13(30)7(2)24)3-8(25)14(31)18(35)15(32)9(3)26;1-4-7(5-2)6-3/h;4-6H2,1-3H3. The molecule has 2 radical (unpaired) electrons. The quantitative estimate of drug-likeness (QED) is 0.0899. The van der Waals surface area contributed by atoms with Gasteiger partial charge in [-0.05, 0) is 19.6 Å². The summed E-state index contributed by atoms with van der Waals surface area (Å²) in [4.78, 5) is 2.38. The maximum atomic E-state index is 14.5. The summed E-state index contributed by atoms with van der Waals surface area (Å²) in [7, 11) is 5.22. The third-order valence-electron chi connectivity index (χ3n) is 6.15. The fraction of sp³-hybridized carbons (Fsp3) is 0.280. The van der Waals surface area contributed by atoms with Gasteiger partial charge in [0.15, 0.2) is 69.8 Å². The first-order valence-electron chi connectivity index (χ1n) is 11.4. The minimum atomic E-state index is -4.95. The lowest BCUT2D eigenvalue weighted by Gasteiger charge is -2.34. The van der Waals surface area contributed by atoms with Crippen molar-refractivity contribution in [1.29, 1.82) is 0 Å². The zero-order valence-electron chi connectivity index (χ0n) is 21.3. The largest absolute Gasteiger partial charge is 0.304 e. The van der Waals surface area contributed by atoms with Gasteiger partial charge in [-0.3, -0.25) is 0 Å². The summed E-state index contributed by atoms with van der Waals surface area (Å²) in [6.45, 7) is 10.1. The number of hydrogen-bond donors (Lipinski definition) is 0. The molecular weight excluding hydrogens is 610 g/mol. The minimum absolute atomic E-state index is 1.19. The van der Waals surface area contributed by atoms with Crippen LogP contribution >= 0.6 is 0 Å². The van der Waals surface area contributed by atoms with E-state index in [4.69, 9.17) is 7.85 Å². The molecule has 3 rings (SSSR count). The summed E-state index contributed by atoms with van der Waals surface area (Å²) in [5.41, 5.74) is -8.75. The molecule has 0 N–H and O–H groups in total. The van der Waals surface area contributed by atoms with E-state index in [1.807, 2.05) is 0 Å². The van der Waals surface area contributed by atoms with E-state index in [1.165, 1.54) is 19.6 Å². The van der Waals surface area contributed by atoms with Crippen molar-refractivity contribution in [3.63, 3.8) is 0 Å². The predicted molar refractivity (Wildman–Crippen MR) is 118 cm³/mol. The van der Waals surface area contributed by atoms with Gasteiger partial charge >= 0.3 is 0 Å². The van der Waals surface area contributed by atoms with E-state index < -0.39 is 109 Å². The van der Waals surface area contributed by atoms with Gasteiger partial charge in [-0.1, -0.05) is 20.8 Å². The summed E-state index contributed by atoms with van der Waals surface area (Å²) >= 11 is 0.